The van der Waals surface area contributed by atoms with Gasteiger partial charge in [-0.25, -0.2) is 0 Å². The highest BCUT2D eigenvalue weighted by Crippen LogP contribution is 2.10. The van der Waals surface area contributed by atoms with Crippen LogP contribution >= 0.6 is 0 Å². The first kappa shape index (κ1) is 23.2. The molecule has 0 N–H and O–H groups in total. The molecule has 0 bridgehead atoms. The number of carbonyl (C=O) groups excluding carboxylic acids is 2. The second kappa shape index (κ2) is 15.2. The van der Waals surface area contributed by atoms with E-state index in [0.717, 1.165) is 24.0 Å². The zero-order valence-electron chi connectivity index (χ0n) is 17.1. The maximum atomic E-state index is 11.8. The van der Waals surface area contributed by atoms with Gasteiger partial charge in [-0.2, -0.15) is 0 Å². The van der Waals surface area contributed by atoms with Crippen LogP contribution in [-0.4, -0.2) is 18.5 Å². The van der Waals surface area contributed by atoms with Crippen molar-refractivity contribution in [3.05, 3.63) is 35.4 Å². The van der Waals surface area contributed by atoms with Gasteiger partial charge >= 0.3 is 11.9 Å². The number of hydrogen-bond donors (Lipinski definition) is 0. The molecule has 0 aliphatic rings. The van der Waals surface area contributed by atoms with Crippen LogP contribution in [0.2, 0.25) is 0 Å². The van der Waals surface area contributed by atoms with Crippen molar-refractivity contribution < 1.29 is 19.1 Å². The average Bonchev–Trinajstić information content (AvgIpc) is 2.66. The van der Waals surface area contributed by atoms with Crippen molar-refractivity contribution in [3.63, 3.8) is 0 Å². The lowest BCUT2D eigenvalue weighted by Crippen LogP contribution is -2.09. The van der Waals surface area contributed by atoms with Gasteiger partial charge in [0.1, 0.15) is 6.61 Å². The molecule has 0 saturated heterocycles. The summed E-state index contributed by atoms with van der Waals surface area (Å²) in [4.78, 5) is 23.4. The van der Waals surface area contributed by atoms with E-state index < -0.39 is 0 Å². The van der Waals surface area contributed by atoms with Crippen LogP contribution in [0.1, 0.15) is 88.7 Å². The lowest BCUT2D eigenvalue weighted by molar-refractivity contribution is -0.146. The average molecular weight is 377 g/mol. The molecule has 0 unspecified atom stereocenters. The molecule has 0 aliphatic carbocycles. The normalized spacial score (nSPS) is 10.6. The first-order valence-corrected chi connectivity index (χ1v) is 10.5. The smallest absolute Gasteiger partial charge is 0.306 e. The molecular formula is C23H36O4. The fraction of sp³-hybridized carbons (Fsp3) is 0.652. The zero-order chi connectivity index (χ0) is 19.7. The summed E-state index contributed by atoms with van der Waals surface area (Å²) in [6.45, 7) is 4.99. The first-order valence-electron chi connectivity index (χ1n) is 10.5. The molecule has 1 aromatic carbocycles. The van der Waals surface area contributed by atoms with Crippen molar-refractivity contribution in [2.45, 2.75) is 91.1 Å². The maximum Gasteiger partial charge on any atom is 0.306 e. The van der Waals surface area contributed by atoms with E-state index in [1.807, 2.05) is 31.2 Å². The Bertz CT molecular complexity index is 539. The Morgan fingerprint density at radius 1 is 0.778 bits per heavy atom. The Balaban J connectivity index is 1.96. The minimum Gasteiger partial charge on any atom is -0.466 e. The Hall–Kier alpha value is -1.84. The third-order valence-electron chi connectivity index (χ3n) is 4.67. The maximum absolute atomic E-state index is 11.8. The highest BCUT2D eigenvalue weighted by atomic mass is 16.5. The molecule has 0 aromatic heterocycles. The molecule has 0 heterocycles. The molecule has 27 heavy (non-hydrogen) atoms. The second-order valence-electron chi connectivity index (χ2n) is 7.14. The van der Waals surface area contributed by atoms with E-state index in [-0.39, 0.29) is 31.4 Å². The number of ether oxygens (including phenoxy) is 2. The number of carbonyl (C=O) groups is 2. The van der Waals surface area contributed by atoms with E-state index in [0.29, 0.717) is 13.0 Å². The zero-order valence-corrected chi connectivity index (χ0v) is 17.1. The third-order valence-corrected chi connectivity index (χ3v) is 4.67. The first-order chi connectivity index (χ1) is 13.1. The van der Waals surface area contributed by atoms with Crippen molar-refractivity contribution in [2.75, 3.05) is 6.61 Å². The topological polar surface area (TPSA) is 52.6 Å². The highest BCUT2D eigenvalue weighted by molar-refractivity contribution is 5.72. The number of hydrogen-bond acceptors (Lipinski definition) is 4. The Labute approximate surface area is 164 Å². The number of unbranched alkanes of at least 4 members (excludes halogenated alkanes) is 7. The van der Waals surface area contributed by atoms with Crippen LogP contribution in [0.4, 0.5) is 0 Å². The summed E-state index contributed by atoms with van der Waals surface area (Å²) in [5.41, 5.74) is 2.12. The van der Waals surface area contributed by atoms with Crippen LogP contribution in [0.5, 0.6) is 0 Å². The Morgan fingerprint density at radius 2 is 1.37 bits per heavy atom. The lowest BCUT2D eigenvalue weighted by atomic mass is 10.1. The Morgan fingerprint density at radius 3 is 2.04 bits per heavy atom. The van der Waals surface area contributed by atoms with E-state index >= 15 is 0 Å². The van der Waals surface area contributed by atoms with Gasteiger partial charge in [-0.3, -0.25) is 9.59 Å². The number of esters is 2. The van der Waals surface area contributed by atoms with Gasteiger partial charge in [0.25, 0.3) is 0 Å². The van der Waals surface area contributed by atoms with Crippen molar-refractivity contribution in [1.82, 2.24) is 0 Å². The summed E-state index contributed by atoms with van der Waals surface area (Å²) in [7, 11) is 0. The summed E-state index contributed by atoms with van der Waals surface area (Å²) in [5.74, 6) is -0.487. The van der Waals surface area contributed by atoms with Crippen LogP contribution in [-0.2, 0) is 25.7 Å². The van der Waals surface area contributed by atoms with Crippen LogP contribution < -0.4 is 0 Å². The van der Waals surface area contributed by atoms with Crippen molar-refractivity contribution >= 4 is 11.9 Å². The third kappa shape index (κ3) is 12.2. The van der Waals surface area contributed by atoms with Gasteiger partial charge < -0.3 is 9.47 Å². The van der Waals surface area contributed by atoms with Gasteiger partial charge in [0.05, 0.1) is 6.61 Å². The summed E-state index contributed by atoms with van der Waals surface area (Å²) in [6.07, 6.45) is 10.8. The minimum atomic E-state index is -0.269. The van der Waals surface area contributed by atoms with Crippen LogP contribution in [0.25, 0.3) is 0 Å². The highest BCUT2D eigenvalue weighted by Gasteiger charge is 2.08. The molecule has 0 fully saturated rings. The van der Waals surface area contributed by atoms with E-state index in [9.17, 15) is 9.59 Å². The molecule has 4 heteroatoms. The van der Waals surface area contributed by atoms with Crippen LogP contribution in [0, 0.1) is 6.92 Å². The monoisotopic (exact) mass is 376 g/mol. The van der Waals surface area contributed by atoms with Crippen molar-refractivity contribution in [1.29, 1.82) is 0 Å². The molecule has 1 aromatic rings. The molecule has 152 valence electrons. The lowest BCUT2D eigenvalue weighted by Gasteiger charge is -2.07. The molecule has 0 radical (unpaired) electrons. The van der Waals surface area contributed by atoms with Gasteiger partial charge in [0.15, 0.2) is 0 Å². The van der Waals surface area contributed by atoms with E-state index in [2.05, 4.69) is 6.92 Å². The van der Waals surface area contributed by atoms with Gasteiger partial charge in [-0.05, 0) is 30.9 Å². The van der Waals surface area contributed by atoms with Crippen LogP contribution in [0.3, 0.4) is 0 Å². The summed E-state index contributed by atoms with van der Waals surface area (Å²) in [5, 5.41) is 0. The Kier molecular flexibility index (Phi) is 13.1. The molecule has 0 atom stereocenters. The van der Waals surface area contributed by atoms with Crippen molar-refractivity contribution in [2.24, 2.45) is 0 Å². The molecular weight excluding hydrogens is 340 g/mol. The number of aryl methyl sites for hydroxylation is 1. The van der Waals surface area contributed by atoms with E-state index in [4.69, 9.17) is 9.47 Å². The number of rotatable bonds is 15. The van der Waals surface area contributed by atoms with Gasteiger partial charge in [0, 0.05) is 12.8 Å². The largest absolute Gasteiger partial charge is 0.466 e. The fourth-order valence-corrected chi connectivity index (χ4v) is 2.87. The minimum absolute atomic E-state index is 0.218. The molecule has 0 spiro atoms. The molecule has 1 rings (SSSR count). The predicted octanol–water partition coefficient (Wildman–Crippen LogP) is 5.89. The molecule has 0 aliphatic heterocycles. The van der Waals surface area contributed by atoms with Crippen LogP contribution in [0.15, 0.2) is 24.3 Å². The fourth-order valence-electron chi connectivity index (χ4n) is 2.87. The standard InChI is InChI=1S/C23H36O4/c1-3-4-5-6-7-8-9-12-18-26-22(24)16-13-17-23(25)27-19-21-15-11-10-14-20(21)2/h10-11,14-15H,3-9,12-13,16-19H2,1-2H3. The predicted molar refractivity (Wildman–Crippen MR) is 108 cm³/mol. The molecule has 4 nitrogen and oxygen atoms in total. The summed E-state index contributed by atoms with van der Waals surface area (Å²) < 4.78 is 10.5. The molecule has 0 amide bonds. The SMILES string of the molecule is CCCCCCCCCCOC(=O)CCCC(=O)OCc1ccccc1C. The van der Waals surface area contributed by atoms with Gasteiger partial charge in [0.2, 0.25) is 0 Å². The van der Waals surface area contributed by atoms with E-state index in [1.54, 1.807) is 0 Å². The second-order valence-corrected chi connectivity index (χ2v) is 7.14. The van der Waals surface area contributed by atoms with Gasteiger partial charge in [-0.1, -0.05) is 76.1 Å². The van der Waals surface area contributed by atoms with Gasteiger partial charge in [-0.15, -0.1) is 0 Å². The summed E-state index contributed by atoms with van der Waals surface area (Å²) >= 11 is 0. The van der Waals surface area contributed by atoms with E-state index in [1.165, 1.54) is 38.5 Å². The quantitative estimate of drug-likeness (QED) is 0.283. The molecule has 0 saturated carbocycles. The van der Waals surface area contributed by atoms with Crippen molar-refractivity contribution in [3.8, 4) is 0 Å². The number of benzene rings is 1. The summed E-state index contributed by atoms with van der Waals surface area (Å²) in [6, 6.07) is 7.83.